The number of pyridine rings is 1. The van der Waals surface area contributed by atoms with Crippen molar-refractivity contribution in [3.05, 3.63) is 58.5 Å². The Morgan fingerprint density at radius 3 is 2.55 bits per heavy atom. The van der Waals surface area contributed by atoms with Crippen molar-refractivity contribution in [3.63, 3.8) is 0 Å². The Morgan fingerprint density at radius 2 is 1.90 bits per heavy atom. The van der Waals surface area contributed by atoms with Crippen LogP contribution in [-0.4, -0.2) is 34.4 Å². The summed E-state index contributed by atoms with van der Waals surface area (Å²) in [5.74, 6) is -1.87. The number of esters is 1. The second-order valence-electron chi connectivity index (χ2n) is 6.42. The third-order valence-electron chi connectivity index (χ3n) is 4.10. The van der Waals surface area contributed by atoms with Crippen LogP contribution in [0.5, 0.6) is 0 Å². The van der Waals surface area contributed by atoms with Crippen LogP contribution in [0.25, 0.3) is 11.3 Å². The predicted molar refractivity (Wildman–Crippen MR) is 115 cm³/mol. The van der Waals surface area contributed by atoms with Crippen LogP contribution in [0.4, 0.5) is 15.2 Å². The van der Waals surface area contributed by atoms with E-state index in [1.165, 1.54) is 31.2 Å². The molecule has 0 aliphatic carbocycles. The number of benzene rings is 1. The van der Waals surface area contributed by atoms with Gasteiger partial charge in [-0.25, -0.2) is 19.2 Å². The summed E-state index contributed by atoms with van der Waals surface area (Å²) >= 11 is 1.13. The fraction of sp³-hybridized carbons (Fsp3) is 0.190. The number of hydrogen-bond donors (Lipinski definition) is 2. The van der Waals surface area contributed by atoms with Crippen molar-refractivity contribution < 1.29 is 23.5 Å². The molecule has 10 heteroatoms. The number of carbonyl (C=O) groups is 3. The molecule has 0 unspecified atom stereocenters. The van der Waals surface area contributed by atoms with E-state index in [4.69, 9.17) is 4.74 Å². The van der Waals surface area contributed by atoms with E-state index in [0.29, 0.717) is 17.1 Å². The van der Waals surface area contributed by atoms with E-state index in [-0.39, 0.29) is 34.5 Å². The van der Waals surface area contributed by atoms with Crippen LogP contribution in [0.2, 0.25) is 0 Å². The molecule has 0 aliphatic rings. The Bertz CT molecular complexity index is 1160. The standard InChI is InChI=1S/C21H19FN4O4S/c1-4-30-20(29)14-7-8-17(23-11(14)2)19(28)26-21-25-18(10-31-21)15-6-5-13(9-16(15)22)24-12(3)27/h5-10H,4H2,1-3H3,(H,24,27)(H,25,26,28). The van der Waals surface area contributed by atoms with Gasteiger partial charge in [-0.2, -0.15) is 0 Å². The lowest BCUT2D eigenvalue weighted by Crippen LogP contribution is -2.16. The lowest BCUT2D eigenvalue weighted by molar-refractivity contribution is -0.114. The Labute approximate surface area is 181 Å². The molecule has 2 aromatic heterocycles. The highest BCUT2D eigenvalue weighted by Gasteiger charge is 2.17. The summed E-state index contributed by atoms with van der Waals surface area (Å²) in [6.45, 7) is 4.89. The second kappa shape index (κ2) is 9.43. The van der Waals surface area contributed by atoms with Gasteiger partial charge in [0.1, 0.15) is 11.5 Å². The lowest BCUT2D eigenvalue weighted by Gasteiger charge is -2.07. The molecule has 2 heterocycles. The Hall–Kier alpha value is -3.66. The zero-order valence-electron chi connectivity index (χ0n) is 17.0. The topological polar surface area (TPSA) is 110 Å². The van der Waals surface area contributed by atoms with Crippen molar-refractivity contribution in [2.45, 2.75) is 20.8 Å². The highest BCUT2D eigenvalue weighted by molar-refractivity contribution is 7.14. The van der Waals surface area contributed by atoms with E-state index < -0.39 is 17.7 Å². The van der Waals surface area contributed by atoms with Gasteiger partial charge in [0.15, 0.2) is 5.13 Å². The predicted octanol–water partition coefficient (Wildman–Crippen LogP) is 4.04. The molecule has 2 N–H and O–H groups in total. The quantitative estimate of drug-likeness (QED) is 0.558. The van der Waals surface area contributed by atoms with Gasteiger partial charge in [0, 0.05) is 23.6 Å². The summed E-state index contributed by atoms with van der Waals surface area (Å²) in [4.78, 5) is 43.8. The molecule has 0 aliphatic heterocycles. The van der Waals surface area contributed by atoms with Crippen molar-refractivity contribution in [1.29, 1.82) is 0 Å². The van der Waals surface area contributed by atoms with Crippen molar-refractivity contribution in [1.82, 2.24) is 9.97 Å². The van der Waals surface area contributed by atoms with Crippen LogP contribution in [0.1, 0.15) is 40.4 Å². The van der Waals surface area contributed by atoms with Gasteiger partial charge in [0.05, 0.1) is 23.6 Å². The summed E-state index contributed by atoms with van der Waals surface area (Å²) in [5, 5.41) is 6.99. The Kier molecular flexibility index (Phi) is 6.71. The molecule has 2 amide bonds. The van der Waals surface area contributed by atoms with Gasteiger partial charge in [-0.3, -0.25) is 14.9 Å². The van der Waals surface area contributed by atoms with Gasteiger partial charge < -0.3 is 10.1 Å². The number of carbonyl (C=O) groups excluding carboxylic acids is 3. The minimum atomic E-state index is -0.554. The molecule has 8 nitrogen and oxygen atoms in total. The molecule has 3 aromatic rings. The molecule has 0 fully saturated rings. The number of nitrogens with zero attached hydrogens (tertiary/aromatic N) is 2. The number of aryl methyl sites for hydroxylation is 1. The summed E-state index contributed by atoms with van der Waals surface area (Å²) in [7, 11) is 0. The number of hydrogen-bond acceptors (Lipinski definition) is 7. The maximum absolute atomic E-state index is 14.4. The molecular formula is C21H19FN4O4S. The van der Waals surface area contributed by atoms with E-state index in [1.54, 1.807) is 25.3 Å². The first kappa shape index (κ1) is 22.0. The summed E-state index contributed by atoms with van der Waals surface area (Å²) in [6, 6.07) is 7.17. The molecule has 0 saturated heterocycles. The van der Waals surface area contributed by atoms with Gasteiger partial charge in [0.25, 0.3) is 5.91 Å². The average Bonchev–Trinajstić information content (AvgIpc) is 3.15. The largest absolute Gasteiger partial charge is 0.462 e. The molecular weight excluding hydrogens is 423 g/mol. The van der Waals surface area contributed by atoms with Crippen LogP contribution in [0, 0.1) is 12.7 Å². The smallest absolute Gasteiger partial charge is 0.339 e. The van der Waals surface area contributed by atoms with Crippen LogP contribution in [0.15, 0.2) is 35.7 Å². The van der Waals surface area contributed by atoms with Crippen LogP contribution >= 0.6 is 11.3 Å². The van der Waals surface area contributed by atoms with E-state index in [9.17, 15) is 18.8 Å². The first-order chi connectivity index (χ1) is 14.8. The normalized spacial score (nSPS) is 10.5. The Balaban J connectivity index is 1.74. The van der Waals surface area contributed by atoms with Crippen LogP contribution in [0.3, 0.4) is 0 Å². The van der Waals surface area contributed by atoms with Crippen molar-refractivity contribution >= 4 is 39.9 Å². The fourth-order valence-electron chi connectivity index (χ4n) is 2.73. The highest BCUT2D eigenvalue weighted by Crippen LogP contribution is 2.29. The first-order valence-electron chi connectivity index (χ1n) is 9.27. The third-order valence-corrected chi connectivity index (χ3v) is 4.86. The van der Waals surface area contributed by atoms with Crippen molar-refractivity contribution in [3.8, 4) is 11.3 Å². The molecule has 0 radical (unpaired) electrons. The maximum atomic E-state index is 14.4. The Morgan fingerprint density at radius 1 is 1.13 bits per heavy atom. The van der Waals surface area contributed by atoms with E-state index >= 15 is 0 Å². The minimum absolute atomic E-state index is 0.105. The fourth-order valence-corrected chi connectivity index (χ4v) is 3.44. The number of ether oxygens (including phenoxy) is 1. The monoisotopic (exact) mass is 442 g/mol. The van der Waals surface area contributed by atoms with Crippen LogP contribution in [-0.2, 0) is 9.53 Å². The number of anilines is 2. The summed E-state index contributed by atoms with van der Waals surface area (Å²) < 4.78 is 19.3. The number of thiazole rings is 1. The van der Waals surface area contributed by atoms with Gasteiger partial charge in [-0.15, -0.1) is 11.3 Å². The number of amides is 2. The molecule has 0 spiro atoms. The molecule has 0 atom stereocenters. The number of nitrogens with one attached hydrogen (secondary N) is 2. The molecule has 3 rings (SSSR count). The highest BCUT2D eigenvalue weighted by atomic mass is 32.1. The van der Waals surface area contributed by atoms with Crippen molar-refractivity contribution in [2.75, 3.05) is 17.2 Å². The third kappa shape index (κ3) is 5.28. The maximum Gasteiger partial charge on any atom is 0.339 e. The zero-order valence-corrected chi connectivity index (χ0v) is 17.8. The summed E-state index contributed by atoms with van der Waals surface area (Å²) in [5.41, 5.74) is 1.67. The molecule has 0 saturated carbocycles. The first-order valence-corrected chi connectivity index (χ1v) is 10.2. The van der Waals surface area contributed by atoms with Gasteiger partial charge in [0.2, 0.25) is 5.91 Å². The molecule has 0 bridgehead atoms. The number of aromatic nitrogens is 2. The summed E-state index contributed by atoms with van der Waals surface area (Å²) in [6.07, 6.45) is 0. The SMILES string of the molecule is CCOC(=O)c1ccc(C(=O)Nc2nc(-c3ccc(NC(C)=O)cc3F)cs2)nc1C. The zero-order chi connectivity index (χ0) is 22.5. The van der Waals surface area contributed by atoms with Gasteiger partial charge in [-0.05, 0) is 44.2 Å². The molecule has 31 heavy (non-hydrogen) atoms. The van der Waals surface area contributed by atoms with E-state index in [1.807, 2.05) is 0 Å². The lowest BCUT2D eigenvalue weighted by atomic mass is 10.1. The average molecular weight is 442 g/mol. The molecule has 1 aromatic carbocycles. The minimum Gasteiger partial charge on any atom is -0.462 e. The van der Waals surface area contributed by atoms with Gasteiger partial charge in [-0.1, -0.05) is 0 Å². The van der Waals surface area contributed by atoms with E-state index in [2.05, 4.69) is 20.6 Å². The van der Waals surface area contributed by atoms with Crippen LogP contribution < -0.4 is 10.6 Å². The van der Waals surface area contributed by atoms with Gasteiger partial charge >= 0.3 is 5.97 Å². The van der Waals surface area contributed by atoms with Crippen molar-refractivity contribution in [2.24, 2.45) is 0 Å². The second-order valence-corrected chi connectivity index (χ2v) is 7.28. The number of halogens is 1. The van der Waals surface area contributed by atoms with E-state index in [0.717, 1.165) is 11.3 Å². The molecule has 160 valence electrons. The number of rotatable bonds is 6.